The van der Waals surface area contributed by atoms with Crippen molar-refractivity contribution in [1.82, 2.24) is 15.1 Å². The molecule has 4 heteroatoms. The molecule has 1 fully saturated rings. The molecule has 0 amide bonds. The lowest BCUT2D eigenvalue weighted by Gasteiger charge is -2.13. The van der Waals surface area contributed by atoms with E-state index in [1.165, 1.54) is 24.1 Å². The predicted octanol–water partition coefficient (Wildman–Crippen LogP) is 1.90. The number of hydrogen-bond donors (Lipinski definition) is 1. The van der Waals surface area contributed by atoms with Gasteiger partial charge in [-0.2, -0.15) is 5.10 Å². The molecule has 4 nitrogen and oxygen atoms in total. The molecule has 1 heterocycles. The molecule has 1 N–H and O–H groups in total. The Balaban J connectivity index is 1.90. The molecule has 1 atom stereocenters. The summed E-state index contributed by atoms with van der Waals surface area (Å²) < 4.78 is 7.20. The predicted molar refractivity (Wildman–Crippen MR) is 68.0 cm³/mol. The molecule has 0 spiro atoms. The highest BCUT2D eigenvalue weighted by Crippen LogP contribution is 2.39. The van der Waals surface area contributed by atoms with E-state index in [0.29, 0.717) is 6.04 Å². The number of methoxy groups -OCH3 is 1. The molecular weight excluding hydrogens is 214 g/mol. The smallest absolute Gasteiger partial charge is 0.0587 e. The molecule has 1 aliphatic carbocycles. The molecule has 1 saturated carbocycles. The molecule has 0 saturated heterocycles. The lowest BCUT2D eigenvalue weighted by Crippen LogP contribution is -2.19. The van der Waals surface area contributed by atoms with Crippen molar-refractivity contribution in [2.24, 2.45) is 5.92 Å². The SMILES string of the molecule is COCCNCc1cnn(C(C)C2CC2)c1C. The van der Waals surface area contributed by atoms with Crippen LogP contribution in [-0.4, -0.2) is 30.0 Å². The minimum atomic E-state index is 0.558. The average Bonchev–Trinajstić information content (AvgIpc) is 3.10. The third kappa shape index (κ3) is 3.07. The fraction of sp³-hybridized carbons (Fsp3) is 0.769. The van der Waals surface area contributed by atoms with Crippen molar-refractivity contribution in [3.05, 3.63) is 17.5 Å². The van der Waals surface area contributed by atoms with Gasteiger partial charge >= 0.3 is 0 Å². The molecular formula is C13H23N3O. The molecule has 1 aromatic heterocycles. The van der Waals surface area contributed by atoms with Crippen molar-refractivity contribution in [3.8, 4) is 0 Å². The number of hydrogen-bond acceptors (Lipinski definition) is 3. The zero-order valence-electron chi connectivity index (χ0n) is 11.1. The van der Waals surface area contributed by atoms with E-state index in [1.54, 1.807) is 7.11 Å². The van der Waals surface area contributed by atoms with Gasteiger partial charge in [-0.25, -0.2) is 0 Å². The standard InChI is InChI=1S/C13H23N3O/c1-10(12-4-5-12)16-11(2)13(9-15-16)8-14-6-7-17-3/h9-10,12,14H,4-8H2,1-3H3. The Kier molecular flexibility index (Phi) is 4.18. The van der Waals surface area contributed by atoms with Gasteiger partial charge in [0, 0.05) is 31.5 Å². The van der Waals surface area contributed by atoms with Gasteiger partial charge in [-0.15, -0.1) is 0 Å². The first-order valence-corrected chi connectivity index (χ1v) is 6.46. The average molecular weight is 237 g/mol. The number of nitrogens with zero attached hydrogens (tertiary/aromatic N) is 2. The minimum Gasteiger partial charge on any atom is -0.383 e. The van der Waals surface area contributed by atoms with Crippen LogP contribution in [0.1, 0.15) is 37.1 Å². The topological polar surface area (TPSA) is 39.1 Å². The van der Waals surface area contributed by atoms with Crippen LogP contribution in [0, 0.1) is 12.8 Å². The molecule has 17 heavy (non-hydrogen) atoms. The first kappa shape index (κ1) is 12.6. The molecule has 2 rings (SSSR count). The van der Waals surface area contributed by atoms with Gasteiger partial charge in [0.25, 0.3) is 0 Å². The second kappa shape index (κ2) is 5.65. The number of rotatable bonds is 7. The normalized spacial score (nSPS) is 17.4. The molecule has 0 bridgehead atoms. The van der Waals surface area contributed by atoms with Crippen molar-refractivity contribution in [1.29, 1.82) is 0 Å². The van der Waals surface area contributed by atoms with Crippen LogP contribution in [-0.2, 0) is 11.3 Å². The number of nitrogens with one attached hydrogen (secondary N) is 1. The van der Waals surface area contributed by atoms with Crippen LogP contribution in [0.25, 0.3) is 0 Å². The van der Waals surface area contributed by atoms with Crippen molar-refractivity contribution in [3.63, 3.8) is 0 Å². The molecule has 0 aliphatic heterocycles. The molecule has 1 unspecified atom stereocenters. The zero-order valence-corrected chi connectivity index (χ0v) is 11.1. The fourth-order valence-corrected chi connectivity index (χ4v) is 2.22. The van der Waals surface area contributed by atoms with Gasteiger partial charge in [0.05, 0.1) is 18.8 Å². The molecule has 96 valence electrons. The van der Waals surface area contributed by atoms with Crippen molar-refractivity contribution < 1.29 is 4.74 Å². The molecule has 0 radical (unpaired) electrons. The summed E-state index contributed by atoms with van der Waals surface area (Å²) in [5.74, 6) is 0.850. The minimum absolute atomic E-state index is 0.558. The lowest BCUT2D eigenvalue weighted by atomic mass is 10.2. The van der Waals surface area contributed by atoms with Gasteiger partial charge in [0.15, 0.2) is 0 Å². The Morgan fingerprint density at radius 2 is 2.35 bits per heavy atom. The maximum absolute atomic E-state index is 5.01. The molecule has 1 aromatic rings. The monoisotopic (exact) mass is 237 g/mol. The van der Waals surface area contributed by atoms with E-state index in [4.69, 9.17) is 4.74 Å². The van der Waals surface area contributed by atoms with Crippen LogP contribution < -0.4 is 5.32 Å². The first-order valence-electron chi connectivity index (χ1n) is 6.46. The Bertz CT molecular complexity index is 358. The van der Waals surface area contributed by atoms with Crippen LogP contribution in [0.5, 0.6) is 0 Å². The molecule has 1 aliphatic rings. The van der Waals surface area contributed by atoms with Crippen LogP contribution in [0.3, 0.4) is 0 Å². The Hall–Kier alpha value is -0.870. The maximum Gasteiger partial charge on any atom is 0.0587 e. The Labute approximate surface area is 103 Å². The van der Waals surface area contributed by atoms with Gasteiger partial charge in [-0.1, -0.05) is 0 Å². The van der Waals surface area contributed by atoms with E-state index in [-0.39, 0.29) is 0 Å². The summed E-state index contributed by atoms with van der Waals surface area (Å²) in [6.07, 6.45) is 4.72. The van der Waals surface area contributed by atoms with Gasteiger partial charge in [0.1, 0.15) is 0 Å². The highest BCUT2D eigenvalue weighted by Gasteiger charge is 2.30. The second-order valence-corrected chi connectivity index (χ2v) is 4.95. The maximum atomic E-state index is 5.01. The summed E-state index contributed by atoms with van der Waals surface area (Å²) in [5.41, 5.74) is 2.60. The zero-order chi connectivity index (χ0) is 12.3. The van der Waals surface area contributed by atoms with Gasteiger partial charge in [0.2, 0.25) is 0 Å². The largest absolute Gasteiger partial charge is 0.383 e. The third-order valence-corrected chi connectivity index (χ3v) is 3.63. The van der Waals surface area contributed by atoms with Crippen LogP contribution >= 0.6 is 0 Å². The third-order valence-electron chi connectivity index (χ3n) is 3.63. The van der Waals surface area contributed by atoms with Gasteiger partial charge < -0.3 is 10.1 Å². The van der Waals surface area contributed by atoms with Crippen LogP contribution in [0.2, 0.25) is 0 Å². The van der Waals surface area contributed by atoms with Crippen molar-refractivity contribution >= 4 is 0 Å². The van der Waals surface area contributed by atoms with Gasteiger partial charge in [-0.3, -0.25) is 4.68 Å². The van der Waals surface area contributed by atoms with E-state index in [0.717, 1.165) is 25.6 Å². The first-order chi connectivity index (χ1) is 8.24. The second-order valence-electron chi connectivity index (χ2n) is 4.95. The highest BCUT2D eigenvalue weighted by molar-refractivity contribution is 5.16. The quantitative estimate of drug-likeness (QED) is 0.736. The van der Waals surface area contributed by atoms with E-state index in [1.807, 2.05) is 6.20 Å². The summed E-state index contributed by atoms with van der Waals surface area (Å²) >= 11 is 0. The summed E-state index contributed by atoms with van der Waals surface area (Å²) in [6.45, 7) is 6.97. The highest BCUT2D eigenvalue weighted by atomic mass is 16.5. The Morgan fingerprint density at radius 3 is 3.00 bits per heavy atom. The van der Waals surface area contributed by atoms with Crippen molar-refractivity contribution in [2.75, 3.05) is 20.3 Å². The summed E-state index contributed by atoms with van der Waals surface area (Å²) in [5, 5.41) is 7.88. The Morgan fingerprint density at radius 1 is 1.59 bits per heavy atom. The summed E-state index contributed by atoms with van der Waals surface area (Å²) in [4.78, 5) is 0. The summed E-state index contributed by atoms with van der Waals surface area (Å²) in [7, 11) is 1.72. The van der Waals surface area contributed by atoms with Crippen LogP contribution in [0.15, 0.2) is 6.20 Å². The van der Waals surface area contributed by atoms with Gasteiger partial charge in [-0.05, 0) is 32.6 Å². The fourth-order valence-electron chi connectivity index (χ4n) is 2.22. The lowest BCUT2D eigenvalue weighted by molar-refractivity contribution is 0.199. The number of aromatic nitrogens is 2. The van der Waals surface area contributed by atoms with Crippen LogP contribution in [0.4, 0.5) is 0 Å². The van der Waals surface area contributed by atoms with E-state index < -0.39 is 0 Å². The molecule has 0 aromatic carbocycles. The van der Waals surface area contributed by atoms with E-state index >= 15 is 0 Å². The van der Waals surface area contributed by atoms with Crippen molar-refractivity contribution in [2.45, 2.75) is 39.3 Å². The summed E-state index contributed by atoms with van der Waals surface area (Å²) in [6, 6.07) is 0.558. The van der Waals surface area contributed by atoms with E-state index in [9.17, 15) is 0 Å². The van der Waals surface area contributed by atoms with E-state index in [2.05, 4.69) is 28.9 Å². The number of ether oxygens (including phenoxy) is 1.